The standard InChI is InChI=1S/C17H16BrN3O2/c1-11(17-20-14-4-2-3-5-15(14)21-17)19-16(22)10-23-13-8-6-12(18)7-9-13/h2-9,11H,10H2,1H3,(H,19,22)(H,20,21)/t11-/m0/s1. The molecule has 2 aromatic carbocycles. The molecule has 1 atom stereocenters. The third kappa shape index (κ3) is 3.90. The van der Waals surface area contributed by atoms with Crippen molar-refractivity contribution in [2.24, 2.45) is 0 Å². The van der Waals surface area contributed by atoms with Gasteiger partial charge in [0.15, 0.2) is 6.61 Å². The molecule has 0 saturated heterocycles. The molecular weight excluding hydrogens is 358 g/mol. The summed E-state index contributed by atoms with van der Waals surface area (Å²) in [7, 11) is 0. The summed E-state index contributed by atoms with van der Waals surface area (Å²) in [5.74, 6) is 1.18. The van der Waals surface area contributed by atoms with E-state index in [0.717, 1.165) is 21.3 Å². The highest BCUT2D eigenvalue weighted by Gasteiger charge is 2.13. The van der Waals surface area contributed by atoms with Crippen LogP contribution < -0.4 is 10.1 Å². The van der Waals surface area contributed by atoms with Crippen LogP contribution in [0.1, 0.15) is 18.8 Å². The third-order valence-corrected chi connectivity index (χ3v) is 3.91. The van der Waals surface area contributed by atoms with Crippen molar-refractivity contribution >= 4 is 32.9 Å². The molecule has 0 fully saturated rings. The second-order valence-corrected chi connectivity index (χ2v) is 6.09. The highest BCUT2D eigenvalue weighted by Crippen LogP contribution is 2.17. The Balaban J connectivity index is 1.57. The van der Waals surface area contributed by atoms with Crippen LogP contribution in [0.4, 0.5) is 0 Å². The summed E-state index contributed by atoms with van der Waals surface area (Å²) in [6.45, 7) is 1.85. The number of ether oxygens (including phenoxy) is 1. The van der Waals surface area contributed by atoms with Gasteiger partial charge in [0.25, 0.3) is 5.91 Å². The van der Waals surface area contributed by atoms with Crippen molar-refractivity contribution in [3.05, 3.63) is 58.8 Å². The quantitative estimate of drug-likeness (QED) is 0.718. The van der Waals surface area contributed by atoms with Gasteiger partial charge in [-0.25, -0.2) is 4.98 Å². The summed E-state index contributed by atoms with van der Waals surface area (Å²) >= 11 is 3.35. The molecule has 0 unspecified atom stereocenters. The molecule has 0 radical (unpaired) electrons. The topological polar surface area (TPSA) is 67.0 Å². The number of halogens is 1. The molecule has 1 amide bonds. The lowest BCUT2D eigenvalue weighted by Gasteiger charge is -2.12. The first-order chi connectivity index (χ1) is 11.1. The first-order valence-electron chi connectivity index (χ1n) is 7.24. The van der Waals surface area contributed by atoms with E-state index in [1.54, 1.807) is 12.1 Å². The normalized spacial score (nSPS) is 12.1. The number of hydrogen-bond acceptors (Lipinski definition) is 3. The van der Waals surface area contributed by atoms with Crippen LogP contribution in [-0.2, 0) is 4.79 Å². The summed E-state index contributed by atoms with van der Waals surface area (Å²) in [5, 5.41) is 2.87. The van der Waals surface area contributed by atoms with Gasteiger partial charge in [-0.15, -0.1) is 0 Å². The minimum absolute atomic E-state index is 0.0355. The van der Waals surface area contributed by atoms with Crippen molar-refractivity contribution in [1.29, 1.82) is 0 Å². The Labute approximate surface area is 142 Å². The van der Waals surface area contributed by atoms with E-state index < -0.39 is 0 Å². The zero-order valence-electron chi connectivity index (χ0n) is 12.5. The SMILES string of the molecule is C[C@H](NC(=O)COc1ccc(Br)cc1)c1nc2ccccc2[nH]1. The Morgan fingerprint density at radius 3 is 2.74 bits per heavy atom. The zero-order valence-corrected chi connectivity index (χ0v) is 14.1. The fraction of sp³-hybridized carbons (Fsp3) is 0.176. The van der Waals surface area contributed by atoms with E-state index in [9.17, 15) is 4.79 Å². The zero-order chi connectivity index (χ0) is 16.2. The van der Waals surface area contributed by atoms with Crippen molar-refractivity contribution in [3.8, 4) is 5.75 Å². The van der Waals surface area contributed by atoms with Crippen molar-refractivity contribution in [3.63, 3.8) is 0 Å². The minimum atomic E-state index is -0.219. The Morgan fingerprint density at radius 2 is 2.00 bits per heavy atom. The first-order valence-corrected chi connectivity index (χ1v) is 8.03. The summed E-state index contributed by atoms with van der Waals surface area (Å²) in [4.78, 5) is 19.7. The van der Waals surface area contributed by atoms with Gasteiger partial charge in [-0.05, 0) is 43.3 Å². The van der Waals surface area contributed by atoms with Crippen LogP contribution in [0.5, 0.6) is 5.75 Å². The van der Waals surface area contributed by atoms with Crippen LogP contribution in [-0.4, -0.2) is 22.5 Å². The number of carbonyl (C=O) groups excluding carboxylic acids is 1. The van der Waals surface area contributed by atoms with Crippen LogP contribution in [0, 0.1) is 0 Å². The highest BCUT2D eigenvalue weighted by atomic mass is 79.9. The van der Waals surface area contributed by atoms with E-state index in [1.165, 1.54) is 0 Å². The number of rotatable bonds is 5. The van der Waals surface area contributed by atoms with Gasteiger partial charge in [-0.1, -0.05) is 28.1 Å². The molecular formula is C17H16BrN3O2. The molecule has 0 aliphatic heterocycles. The summed E-state index contributed by atoms with van der Waals surface area (Å²) < 4.78 is 6.42. The average molecular weight is 374 g/mol. The number of aromatic amines is 1. The van der Waals surface area contributed by atoms with Gasteiger partial charge in [0.05, 0.1) is 17.1 Å². The molecule has 1 aromatic heterocycles. The van der Waals surface area contributed by atoms with Crippen molar-refractivity contribution in [1.82, 2.24) is 15.3 Å². The lowest BCUT2D eigenvalue weighted by Crippen LogP contribution is -2.31. The predicted octanol–water partition coefficient (Wildman–Crippen LogP) is 3.58. The molecule has 2 N–H and O–H groups in total. The van der Waals surface area contributed by atoms with E-state index in [4.69, 9.17) is 4.74 Å². The van der Waals surface area contributed by atoms with Crippen molar-refractivity contribution < 1.29 is 9.53 Å². The van der Waals surface area contributed by atoms with Gasteiger partial charge >= 0.3 is 0 Å². The maximum absolute atomic E-state index is 12.0. The second kappa shape index (κ2) is 6.83. The lowest BCUT2D eigenvalue weighted by molar-refractivity contribution is -0.123. The Kier molecular flexibility index (Phi) is 4.62. The molecule has 3 rings (SSSR count). The molecule has 0 aliphatic rings. The number of hydrogen-bond donors (Lipinski definition) is 2. The third-order valence-electron chi connectivity index (χ3n) is 3.38. The van der Waals surface area contributed by atoms with Gasteiger partial charge in [0, 0.05) is 4.47 Å². The number of fused-ring (bicyclic) bond motifs is 1. The molecule has 6 heteroatoms. The van der Waals surface area contributed by atoms with Crippen molar-refractivity contribution in [2.45, 2.75) is 13.0 Å². The van der Waals surface area contributed by atoms with Crippen LogP contribution in [0.2, 0.25) is 0 Å². The van der Waals surface area contributed by atoms with E-state index in [2.05, 4.69) is 31.2 Å². The van der Waals surface area contributed by atoms with Gasteiger partial charge in [0.2, 0.25) is 0 Å². The molecule has 1 heterocycles. The van der Waals surface area contributed by atoms with Crippen LogP contribution in [0.3, 0.4) is 0 Å². The largest absolute Gasteiger partial charge is 0.484 e. The first kappa shape index (κ1) is 15.6. The van der Waals surface area contributed by atoms with E-state index in [0.29, 0.717) is 5.75 Å². The number of nitrogens with one attached hydrogen (secondary N) is 2. The monoisotopic (exact) mass is 373 g/mol. The van der Waals surface area contributed by atoms with E-state index in [-0.39, 0.29) is 18.6 Å². The fourth-order valence-electron chi connectivity index (χ4n) is 2.21. The summed E-state index contributed by atoms with van der Waals surface area (Å²) in [6.07, 6.45) is 0. The maximum atomic E-state index is 12.0. The van der Waals surface area contributed by atoms with Crippen LogP contribution in [0.25, 0.3) is 11.0 Å². The minimum Gasteiger partial charge on any atom is -0.484 e. The Hall–Kier alpha value is -2.34. The lowest BCUT2D eigenvalue weighted by atomic mass is 10.3. The Morgan fingerprint density at radius 1 is 1.26 bits per heavy atom. The van der Waals surface area contributed by atoms with Crippen LogP contribution in [0.15, 0.2) is 53.0 Å². The van der Waals surface area contributed by atoms with Gasteiger partial charge < -0.3 is 15.0 Å². The summed E-state index contributed by atoms with van der Waals surface area (Å²) in [6, 6.07) is 14.9. The molecule has 118 valence electrons. The molecule has 23 heavy (non-hydrogen) atoms. The molecule has 0 bridgehead atoms. The maximum Gasteiger partial charge on any atom is 0.258 e. The number of nitrogens with zero attached hydrogens (tertiary/aromatic N) is 1. The molecule has 0 saturated carbocycles. The summed E-state index contributed by atoms with van der Waals surface area (Å²) in [5.41, 5.74) is 1.84. The number of imidazole rings is 1. The van der Waals surface area contributed by atoms with Crippen LogP contribution >= 0.6 is 15.9 Å². The van der Waals surface area contributed by atoms with Gasteiger partial charge in [0.1, 0.15) is 11.6 Å². The smallest absolute Gasteiger partial charge is 0.258 e. The molecule has 0 spiro atoms. The number of H-pyrrole nitrogens is 1. The molecule has 0 aliphatic carbocycles. The second-order valence-electron chi connectivity index (χ2n) is 5.17. The number of amides is 1. The number of para-hydroxylation sites is 2. The molecule has 5 nitrogen and oxygen atoms in total. The van der Waals surface area contributed by atoms with E-state index >= 15 is 0 Å². The molecule has 3 aromatic rings. The average Bonchev–Trinajstić information content (AvgIpc) is 2.98. The number of benzene rings is 2. The van der Waals surface area contributed by atoms with E-state index in [1.807, 2.05) is 43.3 Å². The van der Waals surface area contributed by atoms with Gasteiger partial charge in [-0.2, -0.15) is 0 Å². The number of aromatic nitrogens is 2. The predicted molar refractivity (Wildman–Crippen MR) is 92.3 cm³/mol. The van der Waals surface area contributed by atoms with Crippen molar-refractivity contribution in [2.75, 3.05) is 6.61 Å². The fourth-order valence-corrected chi connectivity index (χ4v) is 2.47. The number of carbonyl (C=O) groups is 1. The Bertz CT molecular complexity index is 781. The highest BCUT2D eigenvalue weighted by molar-refractivity contribution is 9.10. The van der Waals surface area contributed by atoms with Gasteiger partial charge in [-0.3, -0.25) is 4.79 Å².